The average molecular weight is 405 g/mol. The molecule has 0 aromatic heterocycles. The summed E-state index contributed by atoms with van der Waals surface area (Å²) in [5.41, 5.74) is 0. The van der Waals surface area contributed by atoms with Crippen LogP contribution in [-0.4, -0.2) is 66.1 Å². The summed E-state index contributed by atoms with van der Waals surface area (Å²) in [6.07, 6.45) is 0.0439. The van der Waals surface area contributed by atoms with Crippen molar-refractivity contribution in [1.29, 1.82) is 0 Å². The Labute approximate surface area is 158 Å². The molecule has 3 aliphatic rings. The second-order valence-electron chi connectivity index (χ2n) is 6.39. The van der Waals surface area contributed by atoms with E-state index in [4.69, 9.17) is 0 Å². The molecule has 132 valence electrons. The quantitative estimate of drug-likeness (QED) is 0.451. The van der Waals surface area contributed by atoms with Gasteiger partial charge < -0.3 is 0 Å². The minimum Gasteiger partial charge on any atom is -0.298 e. The molecule has 0 aromatic carbocycles. The first-order chi connectivity index (χ1) is 11.4. The van der Waals surface area contributed by atoms with Crippen LogP contribution in [0.2, 0.25) is 0 Å². The van der Waals surface area contributed by atoms with Crippen molar-refractivity contribution < 1.29 is 19.2 Å². The normalized spacial score (nSPS) is 37.6. The zero-order valence-electron chi connectivity index (χ0n) is 13.6. The summed E-state index contributed by atoms with van der Waals surface area (Å²) in [6, 6.07) is 0. The van der Waals surface area contributed by atoms with Crippen molar-refractivity contribution in [2.75, 3.05) is 11.5 Å². The number of ketones is 4. The van der Waals surface area contributed by atoms with Crippen molar-refractivity contribution in [3.05, 3.63) is 0 Å². The summed E-state index contributed by atoms with van der Waals surface area (Å²) in [5, 5.41) is 0.334. The van der Waals surface area contributed by atoms with E-state index >= 15 is 0 Å². The fraction of sp³-hybridized carbons (Fsp3) is 0.750. The number of rotatable bonds is 8. The van der Waals surface area contributed by atoms with Gasteiger partial charge in [-0.15, -0.1) is 47.0 Å². The van der Waals surface area contributed by atoms with Crippen molar-refractivity contribution in [2.45, 2.75) is 58.2 Å². The van der Waals surface area contributed by atoms with Gasteiger partial charge >= 0.3 is 0 Å². The minimum atomic E-state index is -0.197. The summed E-state index contributed by atoms with van der Waals surface area (Å²) >= 11 is 6.16. The molecule has 4 nitrogen and oxygen atoms in total. The second-order valence-corrected chi connectivity index (χ2v) is 11.9. The molecule has 24 heavy (non-hydrogen) atoms. The van der Waals surface area contributed by atoms with Gasteiger partial charge in [0.1, 0.15) is 0 Å². The van der Waals surface area contributed by atoms with Gasteiger partial charge in [-0.2, -0.15) is 0 Å². The van der Waals surface area contributed by atoms with Gasteiger partial charge in [0, 0.05) is 22.0 Å². The highest BCUT2D eigenvalue weighted by atomic mass is 32.2. The maximum absolute atomic E-state index is 12.2. The van der Waals surface area contributed by atoms with Crippen molar-refractivity contribution >= 4 is 70.2 Å². The number of thioether (sulfide) groups is 4. The molecule has 0 N–H and O–H groups in total. The van der Waals surface area contributed by atoms with Gasteiger partial charge in [-0.25, -0.2) is 0 Å². The molecule has 0 aromatic rings. The zero-order valence-corrected chi connectivity index (χ0v) is 16.8. The predicted octanol–water partition coefficient (Wildman–Crippen LogP) is 2.27. The van der Waals surface area contributed by atoms with Gasteiger partial charge in [-0.1, -0.05) is 13.8 Å². The second kappa shape index (κ2) is 7.76. The number of carbonyl (C=O) groups is 4. The Morgan fingerprint density at radius 2 is 1.04 bits per heavy atom. The molecular formula is C16H20O4S4. The Kier molecular flexibility index (Phi) is 6.10. The smallest absolute Gasteiger partial charge is 0.154 e. The van der Waals surface area contributed by atoms with E-state index in [1.54, 1.807) is 23.5 Å². The maximum Gasteiger partial charge on any atom is 0.154 e. The van der Waals surface area contributed by atoms with E-state index in [9.17, 15) is 19.2 Å². The lowest BCUT2D eigenvalue weighted by molar-refractivity contribution is -0.127. The lowest BCUT2D eigenvalue weighted by atomic mass is 10.1. The van der Waals surface area contributed by atoms with E-state index in [1.165, 1.54) is 23.5 Å². The molecule has 3 fully saturated rings. The third-order valence-electron chi connectivity index (χ3n) is 4.37. The number of carbonyl (C=O) groups excluding carboxylic acids is 4. The van der Waals surface area contributed by atoms with Crippen LogP contribution in [0, 0.1) is 0 Å². The Morgan fingerprint density at radius 1 is 0.708 bits per heavy atom. The Morgan fingerprint density at radius 3 is 1.29 bits per heavy atom. The molecule has 3 heterocycles. The summed E-state index contributed by atoms with van der Waals surface area (Å²) in [4.78, 5) is 48.3. The largest absolute Gasteiger partial charge is 0.298 e. The van der Waals surface area contributed by atoms with E-state index in [0.29, 0.717) is 22.0 Å². The molecule has 0 saturated carbocycles. The molecule has 0 bridgehead atoms. The summed E-state index contributed by atoms with van der Waals surface area (Å²) in [6.45, 7) is 4.00. The molecule has 3 saturated heterocycles. The van der Waals surface area contributed by atoms with Crippen LogP contribution in [0.4, 0.5) is 0 Å². The number of hydrogen-bond donors (Lipinski definition) is 0. The van der Waals surface area contributed by atoms with E-state index in [1.807, 2.05) is 13.8 Å². The topological polar surface area (TPSA) is 68.3 Å². The fourth-order valence-electron chi connectivity index (χ4n) is 2.69. The van der Waals surface area contributed by atoms with Crippen LogP contribution in [-0.2, 0) is 19.2 Å². The van der Waals surface area contributed by atoms with Crippen molar-refractivity contribution in [1.82, 2.24) is 0 Å². The predicted molar refractivity (Wildman–Crippen MR) is 103 cm³/mol. The molecule has 0 spiro atoms. The first-order valence-corrected chi connectivity index (χ1v) is 12.0. The van der Waals surface area contributed by atoms with Crippen LogP contribution >= 0.6 is 47.0 Å². The Bertz CT molecular complexity index is 520. The average Bonchev–Trinajstić information content (AvgIpc) is 3.45. The van der Waals surface area contributed by atoms with Crippen LogP contribution < -0.4 is 0 Å². The summed E-state index contributed by atoms with van der Waals surface area (Å²) < 4.78 is 0. The third-order valence-corrected chi connectivity index (χ3v) is 10.2. The molecule has 8 heteroatoms. The third kappa shape index (κ3) is 4.62. The minimum absolute atomic E-state index is 0.0117. The van der Waals surface area contributed by atoms with Crippen molar-refractivity contribution in [2.24, 2.45) is 0 Å². The highest BCUT2D eigenvalue weighted by Gasteiger charge is 2.43. The zero-order chi connectivity index (χ0) is 17.4. The van der Waals surface area contributed by atoms with Gasteiger partial charge in [0.05, 0.1) is 33.8 Å². The Hall–Kier alpha value is 0.0800. The van der Waals surface area contributed by atoms with Crippen LogP contribution in [0.3, 0.4) is 0 Å². The fourth-order valence-corrected chi connectivity index (χ4v) is 7.18. The number of Topliss-reactive ketones (excluding diaryl/α,β-unsaturated/α-hetero) is 4. The highest BCUT2D eigenvalue weighted by molar-refractivity contribution is 8.09. The van der Waals surface area contributed by atoms with Crippen LogP contribution in [0.15, 0.2) is 0 Å². The van der Waals surface area contributed by atoms with Gasteiger partial charge in [0.25, 0.3) is 0 Å². The molecule has 0 radical (unpaired) electrons. The van der Waals surface area contributed by atoms with Gasteiger partial charge in [-0.05, 0) is 0 Å². The lowest BCUT2D eigenvalue weighted by Crippen LogP contribution is -2.34. The van der Waals surface area contributed by atoms with Crippen molar-refractivity contribution in [3.63, 3.8) is 0 Å². The van der Waals surface area contributed by atoms with Crippen LogP contribution in [0.25, 0.3) is 0 Å². The first-order valence-electron chi connectivity index (χ1n) is 8.01. The monoisotopic (exact) mass is 404 g/mol. The first kappa shape index (κ1) is 18.9. The van der Waals surface area contributed by atoms with Gasteiger partial charge in [0.15, 0.2) is 23.1 Å². The highest BCUT2D eigenvalue weighted by Crippen LogP contribution is 2.43. The van der Waals surface area contributed by atoms with E-state index in [0.717, 1.165) is 0 Å². The van der Waals surface area contributed by atoms with Crippen LogP contribution in [0.5, 0.6) is 0 Å². The molecule has 6 unspecified atom stereocenters. The van der Waals surface area contributed by atoms with E-state index < -0.39 is 0 Å². The van der Waals surface area contributed by atoms with E-state index in [2.05, 4.69) is 0 Å². The van der Waals surface area contributed by atoms with Gasteiger partial charge in [0.2, 0.25) is 0 Å². The van der Waals surface area contributed by atoms with Crippen molar-refractivity contribution in [3.8, 4) is 0 Å². The molecule has 0 aliphatic carbocycles. The molecular weight excluding hydrogens is 384 g/mol. The van der Waals surface area contributed by atoms with Gasteiger partial charge in [-0.3, -0.25) is 19.2 Å². The molecule has 0 amide bonds. The number of hydrogen-bond acceptors (Lipinski definition) is 8. The van der Waals surface area contributed by atoms with E-state index in [-0.39, 0.29) is 57.0 Å². The molecule has 3 rings (SSSR count). The molecule has 3 aliphatic heterocycles. The summed E-state index contributed by atoms with van der Waals surface area (Å²) in [5.74, 6) is 1.18. The van der Waals surface area contributed by atoms with Crippen LogP contribution in [0.1, 0.15) is 26.7 Å². The SMILES string of the molecule is CC1SC1C(=O)CC(=O)C1CSC(C(=O)CC(=O)C2SC2C)CS1. The lowest BCUT2D eigenvalue weighted by Gasteiger charge is -2.25. The summed E-state index contributed by atoms with van der Waals surface area (Å²) in [7, 11) is 0. The molecule has 6 atom stereocenters. The standard InChI is InChI=1S/C16H20O4S4/c1-7-15(23-7)11(19)3-9(17)13-5-22-14(6-21-13)10(18)4-12(20)16-8(2)24-16/h7-8,13-16H,3-6H2,1-2H3. The Balaban J connectivity index is 1.40. The maximum atomic E-state index is 12.2.